The van der Waals surface area contributed by atoms with Crippen molar-refractivity contribution in [3.63, 3.8) is 0 Å². The van der Waals surface area contributed by atoms with Gasteiger partial charge in [-0.3, -0.25) is 4.79 Å². The molecule has 4 rings (SSSR count). The monoisotopic (exact) mass is 356 g/mol. The Kier molecular flexibility index (Phi) is 3.63. The van der Waals surface area contributed by atoms with Gasteiger partial charge in [-0.25, -0.2) is 0 Å². The van der Waals surface area contributed by atoms with E-state index < -0.39 is 11.7 Å². The summed E-state index contributed by atoms with van der Waals surface area (Å²) in [5.74, 6) is 1.42. The number of methoxy groups -OCH3 is 2. The Bertz CT molecular complexity index is 1070. The fourth-order valence-corrected chi connectivity index (χ4v) is 3.41. The molecule has 1 atom stereocenters. The van der Waals surface area contributed by atoms with E-state index in [1.165, 1.54) is 14.2 Å². The summed E-state index contributed by atoms with van der Waals surface area (Å²) in [5.41, 5.74) is 0.319. The number of hydrogen-bond acceptors (Lipinski definition) is 6. The maximum absolute atomic E-state index is 13.1. The lowest BCUT2D eigenvalue weighted by molar-refractivity contribution is -0.0229. The van der Waals surface area contributed by atoms with E-state index in [1.807, 2.05) is 0 Å². The highest BCUT2D eigenvalue weighted by molar-refractivity contribution is 5.97. The molecular formula is C20H20O6. The van der Waals surface area contributed by atoms with Crippen LogP contribution in [0.25, 0.3) is 21.9 Å². The second-order valence-electron chi connectivity index (χ2n) is 6.99. The van der Waals surface area contributed by atoms with E-state index in [2.05, 4.69) is 0 Å². The molecule has 0 bridgehead atoms. The van der Waals surface area contributed by atoms with Crippen molar-refractivity contribution >= 4 is 21.9 Å². The molecule has 1 unspecified atom stereocenters. The molecule has 1 aliphatic rings. The van der Waals surface area contributed by atoms with Gasteiger partial charge in [0.2, 0.25) is 5.43 Å². The molecule has 0 saturated heterocycles. The van der Waals surface area contributed by atoms with Crippen LogP contribution in [0.5, 0.6) is 17.2 Å². The highest BCUT2D eigenvalue weighted by Gasteiger charge is 2.37. The topological polar surface area (TPSA) is 78.1 Å². The second-order valence-corrected chi connectivity index (χ2v) is 6.99. The van der Waals surface area contributed by atoms with Crippen LogP contribution in [0.1, 0.15) is 19.4 Å². The van der Waals surface area contributed by atoms with Gasteiger partial charge in [-0.15, -0.1) is 0 Å². The van der Waals surface area contributed by atoms with Gasteiger partial charge in [0.15, 0.2) is 11.3 Å². The molecule has 0 fully saturated rings. The first-order valence-electron chi connectivity index (χ1n) is 8.37. The normalized spacial score (nSPS) is 16.6. The first-order chi connectivity index (χ1) is 12.3. The van der Waals surface area contributed by atoms with Crippen molar-refractivity contribution in [2.75, 3.05) is 14.2 Å². The predicted octanol–water partition coefficient (Wildman–Crippen LogP) is 3.04. The van der Waals surface area contributed by atoms with Gasteiger partial charge in [0, 0.05) is 18.1 Å². The minimum absolute atomic E-state index is 0.188. The first-order valence-corrected chi connectivity index (χ1v) is 8.37. The van der Waals surface area contributed by atoms with E-state index in [0.717, 1.165) is 5.56 Å². The van der Waals surface area contributed by atoms with Crippen LogP contribution in [0.4, 0.5) is 0 Å². The third-order valence-electron chi connectivity index (χ3n) is 4.85. The van der Waals surface area contributed by atoms with E-state index in [-0.39, 0.29) is 5.43 Å². The van der Waals surface area contributed by atoms with Crippen LogP contribution in [0.3, 0.4) is 0 Å². The Morgan fingerprint density at radius 3 is 2.54 bits per heavy atom. The number of fused-ring (bicyclic) bond motifs is 4. The van der Waals surface area contributed by atoms with Crippen molar-refractivity contribution in [3.8, 4) is 17.2 Å². The molecule has 136 valence electrons. The fourth-order valence-electron chi connectivity index (χ4n) is 3.41. The molecule has 0 saturated carbocycles. The van der Waals surface area contributed by atoms with Crippen molar-refractivity contribution in [2.24, 2.45) is 0 Å². The number of aliphatic hydroxyl groups is 1. The number of rotatable bonds is 3. The Balaban J connectivity index is 2.10. The van der Waals surface area contributed by atoms with Crippen LogP contribution in [0.2, 0.25) is 0 Å². The van der Waals surface area contributed by atoms with Gasteiger partial charge in [0.25, 0.3) is 0 Å². The lowest BCUT2D eigenvalue weighted by Crippen LogP contribution is -2.39. The van der Waals surface area contributed by atoms with Crippen LogP contribution in [-0.2, 0) is 6.42 Å². The molecule has 1 aliphatic heterocycles. The second kappa shape index (κ2) is 5.64. The molecule has 1 aromatic heterocycles. The molecule has 0 amide bonds. The van der Waals surface area contributed by atoms with Crippen LogP contribution in [0, 0.1) is 0 Å². The highest BCUT2D eigenvalue weighted by atomic mass is 16.5. The fraction of sp³-hybridized carbons (Fsp3) is 0.350. The highest BCUT2D eigenvalue weighted by Crippen LogP contribution is 2.43. The zero-order valence-electron chi connectivity index (χ0n) is 15.1. The maximum atomic E-state index is 13.1. The standard InChI is InChI=1S/C20H20O6/c1-20(2,22)15-8-11-13(25-15)9-14(24-4)16-17(21)10-6-5-7-12(23-3)18(10)26-19(11)16/h5-7,9,15,22H,8H2,1-4H3. The molecule has 6 heteroatoms. The molecule has 0 aliphatic carbocycles. The molecule has 2 heterocycles. The van der Waals surface area contributed by atoms with Gasteiger partial charge in [-0.1, -0.05) is 6.07 Å². The average Bonchev–Trinajstić information content (AvgIpc) is 3.05. The van der Waals surface area contributed by atoms with Gasteiger partial charge < -0.3 is 23.7 Å². The number of ether oxygens (including phenoxy) is 3. The number of hydrogen-bond donors (Lipinski definition) is 1. The molecule has 26 heavy (non-hydrogen) atoms. The van der Waals surface area contributed by atoms with Crippen LogP contribution >= 0.6 is 0 Å². The van der Waals surface area contributed by atoms with Crippen molar-refractivity contribution in [1.82, 2.24) is 0 Å². The minimum Gasteiger partial charge on any atom is -0.496 e. The van der Waals surface area contributed by atoms with Crippen molar-refractivity contribution < 1.29 is 23.7 Å². The predicted molar refractivity (Wildman–Crippen MR) is 97.5 cm³/mol. The lowest BCUT2D eigenvalue weighted by atomic mass is 9.96. The number of benzene rings is 2. The summed E-state index contributed by atoms with van der Waals surface area (Å²) in [6, 6.07) is 6.88. The van der Waals surface area contributed by atoms with E-state index in [0.29, 0.717) is 45.6 Å². The molecular weight excluding hydrogens is 336 g/mol. The zero-order valence-corrected chi connectivity index (χ0v) is 15.1. The minimum atomic E-state index is -1.03. The third-order valence-corrected chi connectivity index (χ3v) is 4.85. The van der Waals surface area contributed by atoms with Crippen molar-refractivity contribution in [2.45, 2.75) is 32.0 Å². The van der Waals surface area contributed by atoms with Gasteiger partial charge in [0.1, 0.15) is 28.6 Å². The van der Waals surface area contributed by atoms with E-state index >= 15 is 0 Å². The number of para-hydroxylation sites is 1. The van der Waals surface area contributed by atoms with Crippen LogP contribution < -0.4 is 19.6 Å². The Morgan fingerprint density at radius 1 is 1.15 bits per heavy atom. The van der Waals surface area contributed by atoms with Gasteiger partial charge >= 0.3 is 0 Å². The SMILES string of the molecule is COc1cccc2c(=O)c3c(OC)cc4c(c3oc12)CC(C(C)(C)O)O4. The molecule has 0 spiro atoms. The first kappa shape index (κ1) is 16.7. The molecule has 0 radical (unpaired) electrons. The summed E-state index contributed by atoms with van der Waals surface area (Å²) >= 11 is 0. The lowest BCUT2D eigenvalue weighted by Gasteiger charge is -2.24. The summed E-state index contributed by atoms with van der Waals surface area (Å²) in [6.07, 6.45) is -0.00499. The van der Waals surface area contributed by atoms with Crippen LogP contribution in [0.15, 0.2) is 33.5 Å². The Hall–Kier alpha value is -2.73. The zero-order chi connectivity index (χ0) is 18.6. The summed E-state index contributed by atoms with van der Waals surface area (Å²) in [5, 5.41) is 11.1. The van der Waals surface area contributed by atoms with Gasteiger partial charge in [-0.2, -0.15) is 0 Å². The van der Waals surface area contributed by atoms with Crippen molar-refractivity contribution in [1.29, 1.82) is 0 Å². The van der Waals surface area contributed by atoms with E-state index in [4.69, 9.17) is 18.6 Å². The molecule has 1 N–H and O–H groups in total. The smallest absolute Gasteiger partial charge is 0.204 e. The van der Waals surface area contributed by atoms with Crippen LogP contribution in [-0.4, -0.2) is 31.0 Å². The summed E-state index contributed by atoms with van der Waals surface area (Å²) in [4.78, 5) is 13.1. The third kappa shape index (κ3) is 2.33. The van der Waals surface area contributed by atoms with E-state index in [9.17, 15) is 9.90 Å². The molecule has 3 aromatic rings. The largest absolute Gasteiger partial charge is 0.496 e. The quantitative estimate of drug-likeness (QED) is 0.727. The maximum Gasteiger partial charge on any atom is 0.204 e. The van der Waals surface area contributed by atoms with E-state index in [1.54, 1.807) is 38.1 Å². The Labute approximate surface area is 149 Å². The van der Waals surface area contributed by atoms with Crippen molar-refractivity contribution in [3.05, 3.63) is 40.1 Å². The molecule has 2 aromatic carbocycles. The summed E-state index contributed by atoms with van der Waals surface area (Å²) in [6.45, 7) is 3.38. The van der Waals surface area contributed by atoms with Gasteiger partial charge in [-0.05, 0) is 26.0 Å². The summed E-state index contributed by atoms with van der Waals surface area (Å²) < 4.78 is 22.8. The van der Waals surface area contributed by atoms with Gasteiger partial charge in [0.05, 0.1) is 25.2 Å². The average molecular weight is 356 g/mol. The Morgan fingerprint density at radius 2 is 1.88 bits per heavy atom. The molecule has 6 nitrogen and oxygen atoms in total. The summed E-state index contributed by atoms with van der Waals surface area (Å²) in [7, 11) is 3.03.